The Morgan fingerprint density at radius 2 is 1.67 bits per heavy atom. The molecule has 27 heavy (non-hydrogen) atoms. The van der Waals surface area contributed by atoms with Gasteiger partial charge in [-0.1, -0.05) is 0 Å². The Kier molecular flexibility index (Phi) is 7.03. The number of sulfonamides is 1. The quantitative estimate of drug-likeness (QED) is 0.675. The van der Waals surface area contributed by atoms with E-state index in [1.54, 1.807) is 30.3 Å². The van der Waals surface area contributed by atoms with Gasteiger partial charge in [0.25, 0.3) is 0 Å². The predicted molar refractivity (Wildman–Crippen MR) is 101 cm³/mol. The second kappa shape index (κ2) is 9.24. The lowest BCUT2D eigenvalue weighted by atomic mass is 10.3. The van der Waals surface area contributed by atoms with E-state index in [0.717, 1.165) is 0 Å². The summed E-state index contributed by atoms with van der Waals surface area (Å²) in [7, 11) is -1.19. The van der Waals surface area contributed by atoms with Crippen molar-refractivity contribution in [3.05, 3.63) is 42.5 Å². The summed E-state index contributed by atoms with van der Waals surface area (Å²) in [5.74, 6) is 0.677. The molecular weight excluding hydrogens is 372 g/mol. The van der Waals surface area contributed by atoms with Gasteiger partial charge in [-0.3, -0.25) is 4.79 Å². The summed E-state index contributed by atoms with van der Waals surface area (Å²) in [6.45, 7) is 1.98. The van der Waals surface area contributed by atoms with Crippen LogP contribution in [0.1, 0.15) is 6.92 Å². The molecule has 0 heterocycles. The van der Waals surface area contributed by atoms with Gasteiger partial charge in [0, 0.05) is 11.8 Å². The van der Waals surface area contributed by atoms with Gasteiger partial charge in [0.15, 0.2) is 0 Å². The molecule has 0 aliphatic heterocycles. The first kappa shape index (κ1) is 20.5. The molecule has 1 amide bonds. The maximum Gasteiger partial charge on any atom is 0.244 e. The number of hydrogen-bond acceptors (Lipinski definition) is 6. The average Bonchev–Trinajstić information content (AvgIpc) is 2.67. The van der Waals surface area contributed by atoms with Crippen molar-refractivity contribution in [2.45, 2.75) is 11.8 Å². The van der Waals surface area contributed by atoms with Crippen LogP contribution in [-0.2, 0) is 14.8 Å². The maximum absolute atomic E-state index is 12.5. The van der Waals surface area contributed by atoms with E-state index in [2.05, 4.69) is 10.0 Å². The standard InChI is InChI=1S/C18H22N2O6S/c1-4-26-14-7-5-13(6-8-14)20-18(21)12-19-27(22,23)17-11-15(24-2)9-10-16(17)25-3/h5-11,19H,4,12H2,1-3H3,(H,20,21). The summed E-state index contributed by atoms with van der Waals surface area (Å²) >= 11 is 0. The zero-order valence-corrected chi connectivity index (χ0v) is 16.1. The molecule has 146 valence electrons. The highest BCUT2D eigenvalue weighted by atomic mass is 32.2. The van der Waals surface area contributed by atoms with Crippen molar-refractivity contribution in [2.24, 2.45) is 0 Å². The summed E-state index contributed by atoms with van der Waals surface area (Å²) in [5, 5.41) is 2.61. The van der Waals surface area contributed by atoms with Crippen molar-refractivity contribution in [1.82, 2.24) is 4.72 Å². The van der Waals surface area contributed by atoms with E-state index in [1.165, 1.54) is 26.4 Å². The Bertz CT molecular complexity index is 881. The molecule has 2 aromatic carbocycles. The molecule has 0 radical (unpaired) electrons. The van der Waals surface area contributed by atoms with Crippen LogP contribution < -0.4 is 24.2 Å². The van der Waals surface area contributed by atoms with Crippen molar-refractivity contribution in [3.63, 3.8) is 0 Å². The number of ether oxygens (including phenoxy) is 3. The van der Waals surface area contributed by atoms with E-state index in [9.17, 15) is 13.2 Å². The van der Waals surface area contributed by atoms with Crippen molar-refractivity contribution < 1.29 is 27.4 Å². The molecule has 0 bridgehead atoms. The molecule has 0 aromatic heterocycles. The molecule has 0 spiro atoms. The van der Waals surface area contributed by atoms with Gasteiger partial charge in [-0.15, -0.1) is 0 Å². The normalized spacial score (nSPS) is 10.9. The topological polar surface area (TPSA) is 103 Å². The van der Waals surface area contributed by atoms with Crippen LogP contribution in [0, 0.1) is 0 Å². The van der Waals surface area contributed by atoms with Crippen molar-refractivity contribution in [2.75, 3.05) is 32.7 Å². The average molecular weight is 394 g/mol. The largest absolute Gasteiger partial charge is 0.497 e. The van der Waals surface area contributed by atoms with E-state index in [1.807, 2.05) is 6.92 Å². The smallest absolute Gasteiger partial charge is 0.244 e. The first-order chi connectivity index (χ1) is 12.9. The highest BCUT2D eigenvalue weighted by molar-refractivity contribution is 7.89. The molecule has 0 fully saturated rings. The first-order valence-electron chi connectivity index (χ1n) is 8.14. The van der Waals surface area contributed by atoms with E-state index >= 15 is 0 Å². The fraction of sp³-hybridized carbons (Fsp3) is 0.278. The van der Waals surface area contributed by atoms with Gasteiger partial charge in [-0.05, 0) is 43.3 Å². The van der Waals surface area contributed by atoms with Crippen molar-refractivity contribution in [3.8, 4) is 17.2 Å². The van der Waals surface area contributed by atoms with Crippen molar-refractivity contribution >= 4 is 21.6 Å². The summed E-state index contributed by atoms with van der Waals surface area (Å²) in [6, 6.07) is 11.1. The molecule has 0 aliphatic carbocycles. The SMILES string of the molecule is CCOc1ccc(NC(=O)CNS(=O)(=O)c2cc(OC)ccc2OC)cc1. The Morgan fingerprint density at radius 1 is 1.00 bits per heavy atom. The van der Waals surface area contributed by atoms with Crippen LogP contribution in [0.4, 0.5) is 5.69 Å². The third-order valence-corrected chi connectivity index (χ3v) is 4.95. The minimum atomic E-state index is -3.97. The summed E-state index contributed by atoms with van der Waals surface area (Å²) in [4.78, 5) is 11.9. The fourth-order valence-electron chi connectivity index (χ4n) is 2.24. The van der Waals surface area contributed by atoms with Crippen LogP contribution in [-0.4, -0.2) is 41.7 Å². The van der Waals surface area contributed by atoms with Crippen LogP contribution in [0.2, 0.25) is 0 Å². The number of nitrogens with one attached hydrogen (secondary N) is 2. The highest BCUT2D eigenvalue weighted by Crippen LogP contribution is 2.27. The lowest BCUT2D eigenvalue weighted by molar-refractivity contribution is -0.115. The summed E-state index contributed by atoms with van der Waals surface area (Å²) < 4.78 is 42.7. The Morgan fingerprint density at radius 3 is 2.26 bits per heavy atom. The van der Waals surface area contributed by atoms with Gasteiger partial charge in [-0.25, -0.2) is 13.1 Å². The Hall–Kier alpha value is -2.78. The number of carbonyl (C=O) groups is 1. The first-order valence-corrected chi connectivity index (χ1v) is 9.62. The minimum absolute atomic E-state index is 0.113. The van der Waals surface area contributed by atoms with Gasteiger partial charge in [0.2, 0.25) is 15.9 Å². The lowest BCUT2D eigenvalue weighted by Crippen LogP contribution is -2.33. The van der Waals surface area contributed by atoms with E-state index in [4.69, 9.17) is 14.2 Å². The summed E-state index contributed by atoms with van der Waals surface area (Å²) in [5.41, 5.74) is 0.529. The second-order valence-electron chi connectivity index (χ2n) is 5.35. The van der Waals surface area contributed by atoms with Crippen LogP contribution in [0.15, 0.2) is 47.4 Å². The number of rotatable bonds is 9. The Balaban J connectivity index is 2.03. The second-order valence-corrected chi connectivity index (χ2v) is 7.08. The van der Waals surface area contributed by atoms with Gasteiger partial charge in [-0.2, -0.15) is 0 Å². The third-order valence-electron chi connectivity index (χ3n) is 3.53. The number of benzene rings is 2. The van der Waals surface area contributed by atoms with Crippen LogP contribution in [0.5, 0.6) is 17.2 Å². The molecule has 0 unspecified atom stereocenters. The molecule has 8 nitrogen and oxygen atoms in total. The molecule has 0 aliphatic rings. The number of hydrogen-bond donors (Lipinski definition) is 2. The molecule has 0 atom stereocenters. The molecule has 0 saturated carbocycles. The Labute approximate surface area is 158 Å². The summed E-state index contributed by atoms with van der Waals surface area (Å²) in [6.07, 6.45) is 0. The van der Waals surface area contributed by atoms with Crippen LogP contribution in [0.25, 0.3) is 0 Å². The highest BCUT2D eigenvalue weighted by Gasteiger charge is 2.21. The predicted octanol–water partition coefficient (Wildman–Crippen LogP) is 2.02. The number of amides is 1. The monoisotopic (exact) mass is 394 g/mol. The zero-order valence-electron chi connectivity index (χ0n) is 15.3. The number of carbonyl (C=O) groups excluding carboxylic acids is 1. The number of anilines is 1. The number of methoxy groups -OCH3 is 2. The van der Waals surface area contributed by atoms with E-state index in [0.29, 0.717) is 23.8 Å². The third kappa shape index (κ3) is 5.60. The van der Waals surface area contributed by atoms with Gasteiger partial charge >= 0.3 is 0 Å². The van der Waals surface area contributed by atoms with Gasteiger partial charge in [0.1, 0.15) is 22.1 Å². The van der Waals surface area contributed by atoms with Crippen LogP contribution in [0.3, 0.4) is 0 Å². The van der Waals surface area contributed by atoms with Crippen LogP contribution >= 0.6 is 0 Å². The molecular formula is C18H22N2O6S. The minimum Gasteiger partial charge on any atom is -0.497 e. The molecule has 0 saturated heterocycles. The zero-order chi connectivity index (χ0) is 19.9. The maximum atomic E-state index is 12.5. The molecule has 2 rings (SSSR count). The van der Waals surface area contributed by atoms with Crippen molar-refractivity contribution in [1.29, 1.82) is 0 Å². The fourth-order valence-corrected chi connectivity index (χ4v) is 3.40. The van der Waals surface area contributed by atoms with E-state index < -0.39 is 22.5 Å². The molecule has 2 aromatic rings. The van der Waals surface area contributed by atoms with E-state index in [-0.39, 0.29) is 10.6 Å². The van der Waals surface area contributed by atoms with Gasteiger partial charge < -0.3 is 19.5 Å². The lowest BCUT2D eigenvalue weighted by Gasteiger charge is -2.12. The molecule has 2 N–H and O–H groups in total. The molecule has 9 heteroatoms. The van der Waals surface area contributed by atoms with Gasteiger partial charge in [0.05, 0.1) is 27.4 Å².